The van der Waals surface area contributed by atoms with Gasteiger partial charge in [-0.3, -0.25) is 9.59 Å². The van der Waals surface area contributed by atoms with E-state index in [9.17, 15) is 14.4 Å². The Labute approximate surface area is 160 Å². The normalized spacial score (nSPS) is 10.3. The highest BCUT2D eigenvalue weighted by Crippen LogP contribution is 2.34. The fraction of sp³-hybridized carbons (Fsp3) is 0.278. The van der Waals surface area contributed by atoms with E-state index in [1.807, 2.05) is 30.3 Å². The summed E-state index contributed by atoms with van der Waals surface area (Å²) in [5, 5.41) is 5.61. The van der Waals surface area contributed by atoms with Crippen LogP contribution in [0.3, 0.4) is 0 Å². The van der Waals surface area contributed by atoms with E-state index in [2.05, 4.69) is 10.6 Å². The largest absolute Gasteiger partial charge is 0.462 e. The molecule has 0 spiro atoms. The van der Waals surface area contributed by atoms with Crippen LogP contribution in [0.4, 0.5) is 5.00 Å². The Morgan fingerprint density at radius 3 is 2.50 bits per heavy atom. The summed E-state index contributed by atoms with van der Waals surface area (Å²) in [6, 6.07) is 9.54. The van der Waals surface area contributed by atoms with E-state index in [1.54, 1.807) is 13.8 Å². The number of anilines is 1. The van der Waals surface area contributed by atoms with Crippen molar-refractivity contribution < 1.29 is 19.1 Å². The van der Waals surface area contributed by atoms with Gasteiger partial charge in [0.25, 0.3) is 5.91 Å². The van der Waals surface area contributed by atoms with Crippen LogP contribution < -0.4 is 10.6 Å². The Morgan fingerprint density at radius 1 is 1.19 bits per heavy atom. The van der Waals surface area contributed by atoms with Gasteiger partial charge in [-0.1, -0.05) is 18.2 Å². The highest BCUT2D eigenvalue weighted by Gasteiger charge is 2.26. The molecule has 0 bridgehead atoms. The molecule has 1 aromatic heterocycles. The van der Waals surface area contributed by atoms with Crippen LogP contribution in [-0.2, 0) is 9.53 Å². The van der Waals surface area contributed by atoms with Crippen molar-refractivity contribution in [3.63, 3.8) is 0 Å². The Hall–Kier alpha value is -2.32. The number of hydrogen-bond acceptors (Lipinski definition) is 6. The number of thioether (sulfide) groups is 1. The number of ether oxygens (including phenoxy) is 1. The summed E-state index contributed by atoms with van der Waals surface area (Å²) in [5.41, 5.74) is 0.729. The molecule has 6 nitrogen and oxygen atoms in total. The highest BCUT2D eigenvalue weighted by atomic mass is 32.2. The van der Waals surface area contributed by atoms with E-state index < -0.39 is 5.97 Å². The van der Waals surface area contributed by atoms with Crippen molar-refractivity contribution in [1.29, 1.82) is 0 Å². The van der Waals surface area contributed by atoms with Crippen LogP contribution in [0.1, 0.15) is 32.5 Å². The third kappa shape index (κ3) is 4.86. The Bertz CT molecular complexity index is 803. The molecule has 1 heterocycles. The van der Waals surface area contributed by atoms with E-state index >= 15 is 0 Å². The smallest absolute Gasteiger partial charge is 0.341 e. The Kier molecular flexibility index (Phi) is 7.23. The van der Waals surface area contributed by atoms with Crippen molar-refractivity contribution in [2.75, 3.05) is 24.7 Å². The average molecular weight is 393 g/mol. The molecule has 0 aliphatic rings. The van der Waals surface area contributed by atoms with Crippen molar-refractivity contribution in [2.45, 2.75) is 18.7 Å². The van der Waals surface area contributed by atoms with Gasteiger partial charge in [0.15, 0.2) is 0 Å². The summed E-state index contributed by atoms with van der Waals surface area (Å²) in [5.74, 6) is -0.924. The first-order valence-electron chi connectivity index (χ1n) is 7.98. The standard InChI is InChI=1S/C18H20N2O4S2/c1-4-24-18(23)14-11(2)15(16(22)19-3)26-17(14)20-13(21)10-25-12-8-6-5-7-9-12/h5-9H,4,10H2,1-3H3,(H,19,22)(H,20,21). The van der Waals surface area contributed by atoms with Gasteiger partial charge in [0.05, 0.1) is 22.8 Å². The number of amides is 2. The topological polar surface area (TPSA) is 84.5 Å². The molecule has 138 valence electrons. The van der Waals surface area contributed by atoms with Crippen LogP contribution in [0.15, 0.2) is 35.2 Å². The lowest BCUT2D eigenvalue weighted by Crippen LogP contribution is -2.18. The maximum atomic E-state index is 12.3. The van der Waals surface area contributed by atoms with Gasteiger partial charge < -0.3 is 15.4 Å². The molecule has 0 atom stereocenters. The van der Waals surface area contributed by atoms with Crippen molar-refractivity contribution in [2.24, 2.45) is 0 Å². The van der Waals surface area contributed by atoms with Gasteiger partial charge >= 0.3 is 5.97 Å². The van der Waals surface area contributed by atoms with Crippen molar-refractivity contribution >= 4 is 45.9 Å². The number of rotatable bonds is 7. The molecule has 0 aliphatic heterocycles. The molecule has 26 heavy (non-hydrogen) atoms. The summed E-state index contributed by atoms with van der Waals surface area (Å²) in [4.78, 5) is 37.9. The van der Waals surface area contributed by atoms with Gasteiger partial charge in [-0.25, -0.2) is 4.79 Å². The molecule has 0 aliphatic carbocycles. The summed E-state index contributed by atoms with van der Waals surface area (Å²) < 4.78 is 5.07. The molecule has 8 heteroatoms. The molecule has 0 fully saturated rings. The number of hydrogen-bond donors (Lipinski definition) is 2. The minimum atomic E-state index is -0.553. The molecule has 0 saturated heterocycles. The molecule has 0 unspecified atom stereocenters. The van der Waals surface area contributed by atoms with Crippen LogP contribution in [0, 0.1) is 6.92 Å². The zero-order valence-electron chi connectivity index (χ0n) is 14.8. The zero-order chi connectivity index (χ0) is 19.1. The first kappa shape index (κ1) is 20.0. The monoisotopic (exact) mass is 392 g/mol. The van der Waals surface area contributed by atoms with Gasteiger partial charge in [0.2, 0.25) is 5.91 Å². The van der Waals surface area contributed by atoms with Crippen molar-refractivity contribution in [3.8, 4) is 0 Å². The van der Waals surface area contributed by atoms with Gasteiger partial charge in [-0.2, -0.15) is 0 Å². The predicted molar refractivity (Wildman–Crippen MR) is 104 cm³/mol. The first-order valence-corrected chi connectivity index (χ1v) is 9.78. The zero-order valence-corrected chi connectivity index (χ0v) is 16.4. The van der Waals surface area contributed by atoms with Gasteiger partial charge in [0, 0.05) is 11.9 Å². The van der Waals surface area contributed by atoms with Gasteiger partial charge in [-0.05, 0) is 31.5 Å². The summed E-state index contributed by atoms with van der Waals surface area (Å²) in [6.07, 6.45) is 0. The quantitative estimate of drug-likeness (QED) is 0.558. The first-order chi connectivity index (χ1) is 12.5. The summed E-state index contributed by atoms with van der Waals surface area (Å²) >= 11 is 2.46. The second-order valence-electron chi connectivity index (χ2n) is 5.21. The van der Waals surface area contributed by atoms with Crippen LogP contribution in [0.2, 0.25) is 0 Å². The number of carbonyl (C=O) groups is 3. The molecule has 0 saturated carbocycles. The van der Waals surface area contributed by atoms with Crippen LogP contribution in [0.5, 0.6) is 0 Å². The highest BCUT2D eigenvalue weighted by molar-refractivity contribution is 8.00. The van der Waals surface area contributed by atoms with Gasteiger partial charge in [-0.15, -0.1) is 23.1 Å². The van der Waals surface area contributed by atoms with E-state index in [0.717, 1.165) is 16.2 Å². The van der Waals surface area contributed by atoms with Crippen LogP contribution >= 0.6 is 23.1 Å². The number of carbonyl (C=O) groups excluding carboxylic acids is 3. The van der Waals surface area contributed by atoms with Crippen molar-refractivity contribution in [1.82, 2.24) is 5.32 Å². The fourth-order valence-corrected chi connectivity index (χ4v) is 4.09. The summed E-state index contributed by atoms with van der Waals surface area (Å²) in [6.45, 7) is 3.58. The van der Waals surface area contributed by atoms with E-state index in [0.29, 0.717) is 15.4 Å². The van der Waals surface area contributed by atoms with E-state index in [-0.39, 0.29) is 29.7 Å². The van der Waals surface area contributed by atoms with Crippen LogP contribution in [0.25, 0.3) is 0 Å². The summed E-state index contributed by atoms with van der Waals surface area (Å²) in [7, 11) is 1.51. The lowest BCUT2D eigenvalue weighted by Gasteiger charge is -2.07. The Morgan fingerprint density at radius 2 is 1.88 bits per heavy atom. The molecule has 2 rings (SSSR count). The van der Waals surface area contributed by atoms with Crippen LogP contribution in [-0.4, -0.2) is 37.2 Å². The molecular formula is C18H20N2O4S2. The number of esters is 1. The lowest BCUT2D eigenvalue weighted by atomic mass is 10.1. The molecule has 2 aromatic rings. The average Bonchev–Trinajstić information content (AvgIpc) is 2.96. The SMILES string of the molecule is CCOC(=O)c1c(NC(=O)CSc2ccccc2)sc(C(=O)NC)c1C. The molecule has 2 N–H and O–H groups in total. The number of benzene rings is 1. The maximum absolute atomic E-state index is 12.3. The predicted octanol–water partition coefficient (Wildman–Crippen LogP) is 3.32. The third-order valence-electron chi connectivity index (χ3n) is 3.43. The minimum Gasteiger partial charge on any atom is -0.462 e. The molecule has 2 amide bonds. The van der Waals surface area contributed by atoms with Crippen molar-refractivity contribution in [3.05, 3.63) is 46.3 Å². The second kappa shape index (κ2) is 9.40. The molecule has 0 radical (unpaired) electrons. The number of thiophene rings is 1. The minimum absolute atomic E-state index is 0.193. The lowest BCUT2D eigenvalue weighted by molar-refractivity contribution is -0.113. The fourth-order valence-electron chi connectivity index (χ4n) is 2.21. The van der Waals surface area contributed by atoms with E-state index in [4.69, 9.17) is 4.74 Å². The maximum Gasteiger partial charge on any atom is 0.341 e. The second-order valence-corrected chi connectivity index (χ2v) is 7.28. The van der Waals surface area contributed by atoms with Gasteiger partial charge in [0.1, 0.15) is 5.00 Å². The molecular weight excluding hydrogens is 372 g/mol. The Balaban J connectivity index is 2.19. The third-order valence-corrected chi connectivity index (χ3v) is 5.64. The van der Waals surface area contributed by atoms with E-state index in [1.165, 1.54) is 18.8 Å². The molecule has 1 aromatic carbocycles. The number of nitrogens with one attached hydrogen (secondary N) is 2.